The molecule has 31 heavy (non-hydrogen) atoms. The fraction of sp³-hybridized carbons (Fsp3) is 0.800. The molecule has 0 aliphatic carbocycles. The van der Waals surface area contributed by atoms with Crippen LogP contribution in [-0.4, -0.2) is 6.61 Å². The molecule has 0 saturated heterocycles. The Labute approximate surface area is 195 Å². The Kier molecular flexibility index (Phi) is 11.7. The number of hydrogen-bond donors (Lipinski definition) is 0. The molecule has 0 bridgehead atoms. The van der Waals surface area contributed by atoms with Gasteiger partial charge in [-0.2, -0.15) is 0 Å². The first-order valence-corrected chi connectivity index (χ1v) is 13.4. The number of unbranched alkanes of at least 4 members (excludes halogenated alkanes) is 4. The van der Waals surface area contributed by atoms with Crippen molar-refractivity contribution in [3.63, 3.8) is 0 Å². The van der Waals surface area contributed by atoms with Crippen LogP contribution in [0, 0.1) is 0 Å². The summed E-state index contributed by atoms with van der Waals surface area (Å²) >= 11 is 0. The van der Waals surface area contributed by atoms with Gasteiger partial charge >= 0.3 is 0 Å². The molecule has 0 unspecified atom stereocenters. The fourth-order valence-electron chi connectivity index (χ4n) is 4.85. The summed E-state index contributed by atoms with van der Waals surface area (Å²) in [5.74, 6) is 1.24. The van der Waals surface area contributed by atoms with Crippen LogP contribution in [0.5, 0.6) is 5.75 Å². The van der Waals surface area contributed by atoms with Gasteiger partial charge in [-0.15, -0.1) is 0 Å². The molecule has 0 aliphatic heterocycles. The van der Waals surface area contributed by atoms with E-state index in [1.807, 2.05) is 0 Å². The van der Waals surface area contributed by atoms with Crippen molar-refractivity contribution in [1.82, 2.24) is 0 Å². The van der Waals surface area contributed by atoms with Crippen molar-refractivity contribution in [3.05, 3.63) is 27.8 Å². The van der Waals surface area contributed by atoms with Crippen molar-refractivity contribution < 1.29 is 4.74 Å². The first-order valence-electron chi connectivity index (χ1n) is 13.4. The second kappa shape index (κ2) is 12.9. The van der Waals surface area contributed by atoms with Gasteiger partial charge in [-0.1, -0.05) is 94.9 Å². The molecule has 1 aromatic rings. The van der Waals surface area contributed by atoms with Crippen LogP contribution in [0.15, 0.2) is 0 Å². The van der Waals surface area contributed by atoms with Crippen LogP contribution in [0.2, 0.25) is 0 Å². The van der Waals surface area contributed by atoms with Gasteiger partial charge in [0.1, 0.15) is 5.75 Å². The molecule has 1 nitrogen and oxygen atoms in total. The predicted molar refractivity (Wildman–Crippen MR) is 140 cm³/mol. The third-order valence-corrected chi connectivity index (χ3v) is 6.37. The maximum atomic E-state index is 6.76. The summed E-state index contributed by atoms with van der Waals surface area (Å²) in [6.45, 7) is 24.4. The molecule has 1 heteroatoms. The highest BCUT2D eigenvalue weighted by molar-refractivity contribution is 5.61. The van der Waals surface area contributed by atoms with Crippen LogP contribution in [0.3, 0.4) is 0 Å². The Hall–Kier alpha value is -0.980. The summed E-state index contributed by atoms with van der Waals surface area (Å²) in [5, 5.41) is 0. The van der Waals surface area contributed by atoms with E-state index in [1.54, 1.807) is 16.7 Å². The molecule has 1 aromatic carbocycles. The zero-order valence-electron chi connectivity index (χ0n) is 22.9. The molecule has 0 amide bonds. The monoisotopic (exact) mass is 430 g/mol. The smallest absolute Gasteiger partial charge is 0.127 e. The standard InChI is InChI=1S/C30H54O/c1-11-15-19-23-24(20-16-12-2)26(29(5,6)7)28(31-22-18-14-4)27(30(8,9)10)25(23)21-17-13-3/h11-22H2,1-10H3. The molecule has 180 valence electrons. The molecule has 0 radical (unpaired) electrons. The lowest BCUT2D eigenvalue weighted by Crippen LogP contribution is -2.26. The summed E-state index contributed by atoms with van der Waals surface area (Å²) in [5.41, 5.74) is 8.12. The van der Waals surface area contributed by atoms with E-state index < -0.39 is 0 Å². The third-order valence-electron chi connectivity index (χ3n) is 6.37. The fourth-order valence-corrected chi connectivity index (χ4v) is 4.85. The second-order valence-corrected chi connectivity index (χ2v) is 11.5. The van der Waals surface area contributed by atoms with Crippen molar-refractivity contribution in [2.24, 2.45) is 0 Å². The van der Waals surface area contributed by atoms with Gasteiger partial charge in [0.2, 0.25) is 0 Å². The van der Waals surface area contributed by atoms with E-state index in [2.05, 4.69) is 69.2 Å². The van der Waals surface area contributed by atoms with Gasteiger partial charge in [0.15, 0.2) is 0 Å². The lowest BCUT2D eigenvalue weighted by molar-refractivity contribution is 0.291. The largest absolute Gasteiger partial charge is 0.493 e. The minimum Gasteiger partial charge on any atom is -0.493 e. The highest BCUT2D eigenvalue weighted by Crippen LogP contribution is 2.47. The highest BCUT2D eigenvalue weighted by atomic mass is 16.5. The molecule has 0 aliphatic rings. The van der Waals surface area contributed by atoms with E-state index in [4.69, 9.17) is 4.74 Å². The summed E-state index contributed by atoms with van der Waals surface area (Å²) in [6.07, 6.45) is 13.4. The van der Waals surface area contributed by atoms with Gasteiger partial charge in [-0.3, -0.25) is 0 Å². The van der Waals surface area contributed by atoms with Crippen LogP contribution in [0.25, 0.3) is 0 Å². The number of rotatable bonds is 13. The van der Waals surface area contributed by atoms with Crippen molar-refractivity contribution in [2.75, 3.05) is 6.61 Å². The zero-order chi connectivity index (χ0) is 23.7. The zero-order valence-corrected chi connectivity index (χ0v) is 22.9. The number of ether oxygens (including phenoxy) is 1. The van der Waals surface area contributed by atoms with E-state index in [0.717, 1.165) is 13.0 Å². The molecule has 0 N–H and O–H groups in total. The van der Waals surface area contributed by atoms with Gasteiger partial charge in [0.05, 0.1) is 6.61 Å². The summed E-state index contributed by atoms with van der Waals surface area (Å²) in [4.78, 5) is 0. The average molecular weight is 431 g/mol. The molecule has 0 aromatic heterocycles. The van der Waals surface area contributed by atoms with E-state index in [0.29, 0.717) is 0 Å². The van der Waals surface area contributed by atoms with E-state index in [1.165, 1.54) is 81.1 Å². The third kappa shape index (κ3) is 7.83. The Balaban J connectivity index is 4.03. The predicted octanol–water partition coefficient (Wildman–Crippen LogP) is 9.49. The van der Waals surface area contributed by atoms with Crippen molar-refractivity contribution in [2.45, 2.75) is 151 Å². The SMILES string of the molecule is CCCCOc1c(C(C)(C)C)c(CCCC)c(CCCC)c(CCCC)c1C(C)(C)C. The second-order valence-electron chi connectivity index (χ2n) is 11.5. The lowest BCUT2D eigenvalue weighted by atomic mass is 9.70. The number of hydrogen-bond acceptors (Lipinski definition) is 1. The van der Waals surface area contributed by atoms with E-state index in [9.17, 15) is 0 Å². The van der Waals surface area contributed by atoms with Gasteiger partial charge in [-0.05, 0) is 72.5 Å². The summed E-state index contributed by atoms with van der Waals surface area (Å²) < 4.78 is 6.76. The van der Waals surface area contributed by atoms with Crippen molar-refractivity contribution in [3.8, 4) is 5.75 Å². The van der Waals surface area contributed by atoms with Crippen molar-refractivity contribution in [1.29, 1.82) is 0 Å². The van der Waals surface area contributed by atoms with E-state index in [-0.39, 0.29) is 10.8 Å². The minimum atomic E-state index is 0.0782. The van der Waals surface area contributed by atoms with Crippen molar-refractivity contribution >= 4 is 0 Å². The molecular formula is C30H54O. The Morgan fingerprint density at radius 3 is 1.19 bits per heavy atom. The molecule has 0 saturated carbocycles. The van der Waals surface area contributed by atoms with Crippen LogP contribution in [-0.2, 0) is 30.1 Å². The Bertz CT molecular complexity index is 607. The van der Waals surface area contributed by atoms with Gasteiger partial charge in [0, 0.05) is 11.1 Å². The topological polar surface area (TPSA) is 9.23 Å². The number of benzene rings is 1. The average Bonchev–Trinajstić information content (AvgIpc) is 2.67. The first kappa shape index (κ1) is 28.1. The molecule has 0 heterocycles. The molecule has 0 fully saturated rings. The van der Waals surface area contributed by atoms with Crippen LogP contribution < -0.4 is 4.74 Å². The minimum absolute atomic E-state index is 0.0782. The Morgan fingerprint density at radius 1 is 0.516 bits per heavy atom. The van der Waals surface area contributed by atoms with Crippen LogP contribution in [0.4, 0.5) is 0 Å². The normalized spacial score (nSPS) is 12.5. The molecule has 0 spiro atoms. The van der Waals surface area contributed by atoms with Gasteiger partial charge < -0.3 is 4.74 Å². The maximum Gasteiger partial charge on any atom is 0.127 e. The molecule has 0 atom stereocenters. The quantitative estimate of drug-likeness (QED) is 0.283. The van der Waals surface area contributed by atoms with Crippen LogP contribution >= 0.6 is 0 Å². The summed E-state index contributed by atoms with van der Waals surface area (Å²) in [7, 11) is 0. The maximum absolute atomic E-state index is 6.76. The van der Waals surface area contributed by atoms with Crippen LogP contribution in [0.1, 0.15) is 148 Å². The lowest BCUT2D eigenvalue weighted by Gasteiger charge is -2.36. The molecule has 1 rings (SSSR count). The van der Waals surface area contributed by atoms with Gasteiger partial charge in [0.25, 0.3) is 0 Å². The van der Waals surface area contributed by atoms with E-state index >= 15 is 0 Å². The van der Waals surface area contributed by atoms with Gasteiger partial charge in [-0.25, -0.2) is 0 Å². The first-order chi connectivity index (χ1) is 14.5. The molecular weight excluding hydrogens is 376 g/mol. The Morgan fingerprint density at radius 2 is 0.871 bits per heavy atom. The highest BCUT2D eigenvalue weighted by Gasteiger charge is 2.34. The summed E-state index contributed by atoms with van der Waals surface area (Å²) in [6, 6.07) is 0.